The van der Waals surface area contributed by atoms with Gasteiger partial charge in [0.2, 0.25) is 0 Å². The van der Waals surface area contributed by atoms with Gasteiger partial charge in [-0.2, -0.15) is 13.2 Å². The van der Waals surface area contributed by atoms with Gasteiger partial charge in [0.05, 0.1) is 5.56 Å². The standard InChI is InChI=1S/C20H20F3N3O3/c1-24-19(27)18(26-28-2)17-9-4-3-7-15(17)13-29-25-11-10-14-6-5-8-16(12-14)20(21,22)23/h3-9,11-12H,10,13H2,1-2H3,(H,24,27). The van der Waals surface area contributed by atoms with Gasteiger partial charge in [0.15, 0.2) is 5.71 Å². The number of carbonyl (C=O) groups is 1. The molecule has 0 atom stereocenters. The predicted octanol–water partition coefficient (Wildman–Crippen LogP) is 3.55. The number of likely N-dealkylation sites (N-methyl/N-ethyl adjacent to an activating group) is 1. The minimum absolute atomic E-state index is 0.0367. The van der Waals surface area contributed by atoms with E-state index >= 15 is 0 Å². The predicted molar refractivity (Wildman–Crippen MR) is 102 cm³/mol. The SMILES string of the molecule is CNC(=O)C(=NOC)c1ccccc1CON=CCc1cccc(C(F)(F)F)c1. The smallest absolute Gasteiger partial charge is 0.398 e. The summed E-state index contributed by atoms with van der Waals surface area (Å²) in [4.78, 5) is 22.0. The zero-order valence-electron chi connectivity index (χ0n) is 15.9. The van der Waals surface area contributed by atoms with E-state index in [0.717, 1.165) is 12.1 Å². The normalized spacial score (nSPS) is 12.1. The maximum atomic E-state index is 12.7. The molecule has 6 nitrogen and oxygen atoms in total. The molecule has 154 valence electrons. The summed E-state index contributed by atoms with van der Waals surface area (Å²) < 4.78 is 38.2. The molecule has 1 N–H and O–H groups in total. The molecule has 0 aliphatic carbocycles. The molecule has 0 spiro atoms. The molecule has 29 heavy (non-hydrogen) atoms. The fraction of sp³-hybridized carbons (Fsp3) is 0.250. The van der Waals surface area contributed by atoms with E-state index in [1.165, 1.54) is 26.4 Å². The van der Waals surface area contributed by atoms with Gasteiger partial charge < -0.3 is 15.0 Å². The Labute approximate surface area is 166 Å². The summed E-state index contributed by atoms with van der Waals surface area (Å²) in [6.45, 7) is 0.0367. The van der Waals surface area contributed by atoms with Crippen LogP contribution in [0, 0.1) is 0 Å². The summed E-state index contributed by atoms with van der Waals surface area (Å²) in [5, 5.41) is 10.0. The minimum Gasteiger partial charge on any atom is -0.398 e. The van der Waals surface area contributed by atoms with Crippen LogP contribution in [0.3, 0.4) is 0 Å². The van der Waals surface area contributed by atoms with E-state index in [0.29, 0.717) is 16.7 Å². The molecule has 0 unspecified atom stereocenters. The Kier molecular flexibility index (Phi) is 7.76. The number of halogens is 3. The summed E-state index contributed by atoms with van der Waals surface area (Å²) >= 11 is 0. The van der Waals surface area contributed by atoms with Crippen LogP contribution in [0.25, 0.3) is 0 Å². The molecule has 0 bridgehead atoms. The van der Waals surface area contributed by atoms with Gasteiger partial charge in [-0.25, -0.2) is 0 Å². The van der Waals surface area contributed by atoms with E-state index in [4.69, 9.17) is 9.68 Å². The third-order valence-corrected chi connectivity index (χ3v) is 3.85. The Balaban J connectivity index is 2.03. The second kappa shape index (κ2) is 10.3. The Morgan fingerprint density at radius 2 is 1.93 bits per heavy atom. The molecule has 2 rings (SSSR count). The second-order valence-electron chi connectivity index (χ2n) is 5.82. The highest BCUT2D eigenvalue weighted by molar-refractivity contribution is 6.45. The van der Waals surface area contributed by atoms with Crippen LogP contribution >= 0.6 is 0 Å². The zero-order valence-corrected chi connectivity index (χ0v) is 15.9. The largest absolute Gasteiger partial charge is 0.416 e. The van der Waals surface area contributed by atoms with Gasteiger partial charge in [-0.1, -0.05) is 52.8 Å². The van der Waals surface area contributed by atoms with Crippen molar-refractivity contribution in [2.75, 3.05) is 14.2 Å². The van der Waals surface area contributed by atoms with Crippen LogP contribution in [0.5, 0.6) is 0 Å². The maximum absolute atomic E-state index is 12.7. The Hall–Kier alpha value is -3.36. The van der Waals surface area contributed by atoms with Gasteiger partial charge >= 0.3 is 6.18 Å². The maximum Gasteiger partial charge on any atom is 0.416 e. The average molecular weight is 407 g/mol. The van der Waals surface area contributed by atoms with Crippen molar-refractivity contribution in [2.45, 2.75) is 19.2 Å². The van der Waals surface area contributed by atoms with Crippen LogP contribution in [0.15, 0.2) is 58.8 Å². The van der Waals surface area contributed by atoms with Gasteiger partial charge in [0, 0.05) is 30.8 Å². The van der Waals surface area contributed by atoms with Crippen LogP contribution in [0.2, 0.25) is 0 Å². The van der Waals surface area contributed by atoms with Crippen LogP contribution in [0.4, 0.5) is 13.2 Å². The van der Waals surface area contributed by atoms with Crippen molar-refractivity contribution >= 4 is 17.8 Å². The molecule has 0 aliphatic heterocycles. The highest BCUT2D eigenvalue weighted by Gasteiger charge is 2.30. The topological polar surface area (TPSA) is 72.3 Å². The van der Waals surface area contributed by atoms with E-state index in [9.17, 15) is 18.0 Å². The molecule has 0 heterocycles. The molecule has 0 saturated heterocycles. The molecule has 9 heteroatoms. The zero-order chi connectivity index (χ0) is 21.3. The number of hydrogen-bond donors (Lipinski definition) is 1. The van der Waals surface area contributed by atoms with Gasteiger partial charge in [0.1, 0.15) is 13.7 Å². The minimum atomic E-state index is -4.39. The summed E-state index contributed by atoms with van der Waals surface area (Å²) in [7, 11) is 2.81. The fourth-order valence-corrected chi connectivity index (χ4v) is 2.48. The molecule has 0 aromatic heterocycles. The number of amides is 1. The lowest BCUT2D eigenvalue weighted by molar-refractivity contribution is -0.137. The Morgan fingerprint density at radius 1 is 1.17 bits per heavy atom. The molecule has 0 fully saturated rings. The quantitative estimate of drug-likeness (QED) is 0.537. The van der Waals surface area contributed by atoms with Crippen molar-refractivity contribution < 1.29 is 27.6 Å². The van der Waals surface area contributed by atoms with E-state index in [2.05, 4.69) is 15.6 Å². The molecular weight excluding hydrogens is 387 g/mol. The average Bonchev–Trinajstić information content (AvgIpc) is 2.71. The van der Waals surface area contributed by atoms with E-state index in [1.54, 1.807) is 30.3 Å². The van der Waals surface area contributed by atoms with Crippen LogP contribution in [-0.4, -0.2) is 32.0 Å². The second-order valence-corrected chi connectivity index (χ2v) is 5.82. The van der Waals surface area contributed by atoms with Gasteiger partial charge in [0.25, 0.3) is 5.91 Å². The number of rotatable bonds is 8. The van der Waals surface area contributed by atoms with E-state index in [1.807, 2.05) is 0 Å². The Bertz CT molecular complexity index is 896. The summed E-state index contributed by atoms with van der Waals surface area (Å²) in [5.41, 5.74) is 0.992. The lowest BCUT2D eigenvalue weighted by Gasteiger charge is -2.10. The van der Waals surface area contributed by atoms with E-state index < -0.39 is 17.6 Å². The number of carbonyl (C=O) groups excluding carboxylic acids is 1. The lowest BCUT2D eigenvalue weighted by Crippen LogP contribution is -2.29. The van der Waals surface area contributed by atoms with Crippen LogP contribution in [-0.2, 0) is 33.7 Å². The van der Waals surface area contributed by atoms with Crippen LogP contribution in [0.1, 0.15) is 22.3 Å². The number of nitrogens with one attached hydrogen (secondary N) is 1. The van der Waals surface area contributed by atoms with Gasteiger partial charge in [-0.05, 0) is 11.6 Å². The first kappa shape index (κ1) is 21.9. The first-order valence-corrected chi connectivity index (χ1v) is 8.58. The first-order chi connectivity index (χ1) is 13.9. The lowest BCUT2D eigenvalue weighted by atomic mass is 10.0. The van der Waals surface area contributed by atoms with Gasteiger partial charge in [-0.15, -0.1) is 0 Å². The summed E-state index contributed by atoms with van der Waals surface area (Å²) in [6, 6.07) is 11.9. The number of oxime groups is 2. The monoisotopic (exact) mass is 407 g/mol. The molecule has 2 aromatic carbocycles. The summed E-state index contributed by atoms with van der Waals surface area (Å²) in [5.74, 6) is -0.424. The third-order valence-electron chi connectivity index (χ3n) is 3.85. The summed E-state index contributed by atoms with van der Waals surface area (Å²) in [6.07, 6.45) is -2.83. The van der Waals surface area contributed by atoms with Crippen molar-refractivity contribution in [3.05, 3.63) is 70.8 Å². The third kappa shape index (κ3) is 6.34. The molecule has 2 aromatic rings. The van der Waals surface area contributed by atoms with Crippen molar-refractivity contribution in [1.29, 1.82) is 0 Å². The van der Waals surface area contributed by atoms with Crippen molar-refractivity contribution in [3.8, 4) is 0 Å². The fourth-order valence-electron chi connectivity index (χ4n) is 2.48. The molecule has 0 radical (unpaired) electrons. The highest BCUT2D eigenvalue weighted by atomic mass is 19.4. The van der Waals surface area contributed by atoms with Gasteiger partial charge in [-0.3, -0.25) is 4.79 Å². The van der Waals surface area contributed by atoms with Crippen molar-refractivity contribution in [2.24, 2.45) is 10.3 Å². The molecule has 0 saturated carbocycles. The number of hydrogen-bond acceptors (Lipinski definition) is 5. The molecular formula is C20H20F3N3O3. The molecule has 1 amide bonds. The Morgan fingerprint density at radius 3 is 2.62 bits per heavy atom. The van der Waals surface area contributed by atoms with Crippen molar-refractivity contribution in [3.63, 3.8) is 0 Å². The first-order valence-electron chi connectivity index (χ1n) is 8.58. The number of alkyl halides is 3. The van der Waals surface area contributed by atoms with Crippen LogP contribution < -0.4 is 5.32 Å². The number of nitrogens with zero attached hydrogens (tertiary/aromatic N) is 2. The molecule has 0 aliphatic rings. The number of benzene rings is 2. The van der Waals surface area contributed by atoms with E-state index in [-0.39, 0.29) is 18.7 Å². The highest BCUT2D eigenvalue weighted by Crippen LogP contribution is 2.29. The van der Waals surface area contributed by atoms with Crippen molar-refractivity contribution in [1.82, 2.24) is 5.32 Å².